The standard InChI is InChI=1S/C26H25N7O3/c1-16-9-21(19-6-4-5-18(10-19)12-27-26(34)35)24-30-25(31-33(24)13-16)29-20-7-8-22(23(11-20)36-3)32-14-17(2)28-15-32/h4-11,13-15,27H,12H2,1-3H3,(H,29,31)(H,34,35). The van der Waals surface area contributed by atoms with Gasteiger partial charge in [0.15, 0.2) is 5.65 Å². The second-order valence-electron chi connectivity index (χ2n) is 8.43. The van der Waals surface area contributed by atoms with Gasteiger partial charge in [0, 0.05) is 36.3 Å². The summed E-state index contributed by atoms with van der Waals surface area (Å²) in [5.41, 5.74) is 6.96. The molecule has 5 aromatic rings. The highest BCUT2D eigenvalue weighted by molar-refractivity contribution is 5.79. The van der Waals surface area contributed by atoms with Crippen molar-refractivity contribution in [2.24, 2.45) is 0 Å². The van der Waals surface area contributed by atoms with Crippen LogP contribution in [0.3, 0.4) is 0 Å². The van der Waals surface area contributed by atoms with Crippen LogP contribution in [0.15, 0.2) is 67.3 Å². The SMILES string of the molecule is COc1cc(Nc2nc3c(-c4cccc(CNC(=O)O)c4)cc(C)cn3n2)ccc1-n1cnc(C)c1. The molecule has 3 heterocycles. The number of carboxylic acid groups (broad SMARTS) is 1. The third-order valence-corrected chi connectivity index (χ3v) is 5.68. The number of nitrogens with zero attached hydrogens (tertiary/aromatic N) is 5. The van der Waals surface area contributed by atoms with Crippen molar-refractivity contribution in [3.8, 4) is 22.6 Å². The third-order valence-electron chi connectivity index (χ3n) is 5.68. The molecule has 0 aliphatic rings. The van der Waals surface area contributed by atoms with Gasteiger partial charge < -0.3 is 25.0 Å². The number of nitrogens with one attached hydrogen (secondary N) is 2. The summed E-state index contributed by atoms with van der Waals surface area (Å²) >= 11 is 0. The van der Waals surface area contributed by atoms with Gasteiger partial charge in [0.25, 0.3) is 0 Å². The molecule has 0 bridgehead atoms. The maximum atomic E-state index is 10.9. The molecule has 0 radical (unpaired) electrons. The number of aryl methyl sites for hydroxylation is 2. The Morgan fingerprint density at radius 1 is 1.11 bits per heavy atom. The van der Waals surface area contributed by atoms with Gasteiger partial charge >= 0.3 is 6.09 Å². The van der Waals surface area contributed by atoms with Gasteiger partial charge in [-0.05, 0) is 54.8 Å². The number of methoxy groups -OCH3 is 1. The Kier molecular flexibility index (Phi) is 5.99. The van der Waals surface area contributed by atoms with Crippen LogP contribution in [0.25, 0.3) is 22.5 Å². The molecule has 3 N–H and O–H groups in total. The van der Waals surface area contributed by atoms with Gasteiger partial charge in [-0.3, -0.25) is 0 Å². The number of carbonyl (C=O) groups is 1. The summed E-state index contributed by atoms with van der Waals surface area (Å²) in [6.07, 6.45) is 4.54. The largest absolute Gasteiger partial charge is 0.494 e. The van der Waals surface area contributed by atoms with Gasteiger partial charge in [-0.1, -0.05) is 18.2 Å². The number of amides is 1. The monoisotopic (exact) mass is 483 g/mol. The van der Waals surface area contributed by atoms with Gasteiger partial charge in [-0.2, -0.15) is 4.98 Å². The second kappa shape index (κ2) is 9.41. The van der Waals surface area contributed by atoms with Crippen LogP contribution in [-0.2, 0) is 6.54 Å². The molecule has 0 fully saturated rings. The van der Waals surface area contributed by atoms with Crippen molar-refractivity contribution in [3.05, 3.63) is 84.1 Å². The number of hydrogen-bond acceptors (Lipinski definition) is 6. The minimum absolute atomic E-state index is 0.223. The molecule has 0 aliphatic carbocycles. The number of rotatable bonds is 7. The Morgan fingerprint density at radius 2 is 1.97 bits per heavy atom. The quantitative estimate of drug-likeness (QED) is 0.306. The van der Waals surface area contributed by atoms with Crippen molar-refractivity contribution in [1.82, 2.24) is 29.5 Å². The molecule has 0 unspecified atom stereocenters. The number of benzene rings is 2. The zero-order valence-electron chi connectivity index (χ0n) is 20.1. The van der Waals surface area contributed by atoms with Crippen LogP contribution in [-0.4, -0.2) is 42.5 Å². The van der Waals surface area contributed by atoms with E-state index >= 15 is 0 Å². The van der Waals surface area contributed by atoms with Crippen LogP contribution in [0, 0.1) is 13.8 Å². The van der Waals surface area contributed by atoms with Gasteiger partial charge in [0.1, 0.15) is 5.75 Å². The fourth-order valence-corrected chi connectivity index (χ4v) is 4.06. The molecule has 0 saturated heterocycles. The van der Waals surface area contributed by atoms with E-state index in [2.05, 4.69) is 20.7 Å². The first-order chi connectivity index (χ1) is 17.4. The summed E-state index contributed by atoms with van der Waals surface area (Å²) in [7, 11) is 1.63. The van der Waals surface area contributed by atoms with Crippen LogP contribution in [0.4, 0.5) is 16.4 Å². The molecule has 0 atom stereocenters. The van der Waals surface area contributed by atoms with Gasteiger partial charge in [-0.15, -0.1) is 5.10 Å². The number of fused-ring (bicyclic) bond motifs is 1. The molecule has 2 aromatic carbocycles. The first kappa shape index (κ1) is 22.9. The first-order valence-electron chi connectivity index (χ1n) is 11.3. The molecule has 0 aliphatic heterocycles. The van der Waals surface area contributed by atoms with Crippen LogP contribution >= 0.6 is 0 Å². The van der Waals surface area contributed by atoms with Crippen LogP contribution < -0.4 is 15.4 Å². The molecule has 1 amide bonds. The van der Waals surface area contributed by atoms with Crippen LogP contribution in [0.1, 0.15) is 16.8 Å². The van der Waals surface area contributed by atoms with Crippen molar-refractivity contribution in [2.45, 2.75) is 20.4 Å². The van der Waals surface area contributed by atoms with Crippen molar-refractivity contribution < 1.29 is 14.6 Å². The smallest absolute Gasteiger partial charge is 0.404 e. The zero-order chi connectivity index (χ0) is 25.2. The Bertz CT molecular complexity index is 1570. The van der Waals surface area contributed by atoms with E-state index in [4.69, 9.17) is 14.8 Å². The Hall–Kier alpha value is -4.86. The highest BCUT2D eigenvalue weighted by Crippen LogP contribution is 2.30. The average Bonchev–Trinajstić information content (AvgIpc) is 3.47. The summed E-state index contributed by atoms with van der Waals surface area (Å²) < 4.78 is 9.27. The Labute approximate surface area is 207 Å². The van der Waals surface area contributed by atoms with Crippen molar-refractivity contribution in [3.63, 3.8) is 0 Å². The number of pyridine rings is 1. The third kappa shape index (κ3) is 4.69. The zero-order valence-corrected chi connectivity index (χ0v) is 20.1. The fourth-order valence-electron chi connectivity index (χ4n) is 4.06. The normalized spacial score (nSPS) is 11.0. The van der Waals surface area contributed by atoms with E-state index in [-0.39, 0.29) is 6.54 Å². The number of imidazole rings is 1. The molecule has 0 saturated carbocycles. The lowest BCUT2D eigenvalue weighted by molar-refractivity contribution is 0.194. The molecular weight excluding hydrogens is 458 g/mol. The number of ether oxygens (including phenoxy) is 1. The second-order valence-corrected chi connectivity index (χ2v) is 8.43. The first-order valence-corrected chi connectivity index (χ1v) is 11.3. The molecule has 182 valence electrons. The number of anilines is 2. The molecule has 5 rings (SSSR count). The maximum Gasteiger partial charge on any atom is 0.404 e. The topological polar surface area (TPSA) is 119 Å². The van der Waals surface area contributed by atoms with E-state index in [1.807, 2.05) is 79.3 Å². The van der Waals surface area contributed by atoms with E-state index in [0.29, 0.717) is 17.3 Å². The van der Waals surface area contributed by atoms with E-state index < -0.39 is 6.09 Å². The van der Waals surface area contributed by atoms with E-state index in [9.17, 15) is 4.79 Å². The number of hydrogen-bond donors (Lipinski definition) is 3. The molecular formula is C26H25N7O3. The average molecular weight is 484 g/mol. The Morgan fingerprint density at radius 3 is 2.72 bits per heavy atom. The van der Waals surface area contributed by atoms with E-state index in [0.717, 1.165) is 39.3 Å². The lowest BCUT2D eigenvalue weighted by Crippen LogP contribution is -2.19. The molecule has 36 heavy (non-hydrogen) atoms. The maximum absolute atomic E-state index is 10.9. The van der Waals surface area contributed by atoms with Gasteiger partial charge in [0.05, 0.1) is 24.8 Å². The number of aromatic nitrogens is 5. The van der Waals surface area contributed by atoms with E-state index in [1.165, 1.54) is 0 Å². The fraction of sp³-hybridized carbons (Fsp3) is 0.154. The summed E-state index contributed by atoms with van der Waals surface area (Å²) in [6, 6.07) is 15.5. The predicted molar refractivity (Wildman–Crippen MR) is 136 cm³/mol. The molecule has 10 heteroatoms. The lowest BCUT2D eigenvalue weighted by Gasteiger charge is -2.11. The van der Waals surface area contributed by atoms with Crippen LogP contribution in [0.2, 0.25) is 0 Å². The highest BCUT2D eigenvalue weighted by atomic mass is 16.5. The summed E-state index contributed by atoms with van der Waals surface area (Å²) in [6.45, 7) is 4.16. The molecule has 10 nitrogen and oxygen atoms in total. The predicted octanol–water partition coefficient (Wildman–Crippen LogP) is 4.72. The lowest BCUT2D eigenvalue weighted by atomic mass is 10.0. The molecule has 0 spiro atoms. The van der Waals surface area contributed by atoms with E-state index in [1.54, 1.807) is 18.0 Å². The van der Waals surface area contributed by atoms with Crippen LogP contribution in [0.5, 0.6) is 5.75 Å². The minimum Gasteiger partial charge on any atom is -0.494 e. The summed E-state index contributed by atoms with van der Waals surface area (Å²) in [5.74, 6) is 1.13. The van der Waals surface area contributed by atoms with Crippen molar-refractivity contribution in [2.75, 3.05) is 12.4 Å². The van der Waals surface area contributed by atoms with Crippen molar-refractivity contribution in [1.29, 1.82) is 0 Å². The van der Waals surface area contributed by atoms with Crippen molar-refractivity contribution >= 4 is 23.4 Å². The summed E-state index contributed by atoms with van der Waals surface area (Å²) in [5, 5.41) is 19.2. The van der Waals surface area contributed by atoms with Gasteiger partial charge in [0.2, 0.25) is 5.95 Å². The molecule has 3 aromatic heterocycles. The summed E-state index contributed by atoms with van der Waals surface area (Å²) in [4.78, 5) is 19.9. The highest BCUT2D eigenvalue weighted by Gasteiger charge is 2.13. The Balaban J connectivity index is 1.47. The van der Waals surface area contributed by atoms with Gasteiger partial charge in [-0.25, -0.2) is 14.3 Å². The minimum atomic E-state index is -1.06.